The van der Waals surface area contributed by atoms with E-state index in [4.69, 9.17) is 0 Å². The van der Waals surface area contributed by atoms with Crippen LogP contribution in [-0.4, -0.2) is 79.3 Å². The third-order valence-electron chi connectivity index (χ3n) is 5.51. The number of benzene rings is 1. The Bertz CT molecular complexity index is 704. The van der Waals surface area contributed by atoms with Crippen LogP contribution in [0.1, 0.15) is 28.8 Å². The number of carbonyl (C=O) groups excluding carboxylic acids is 1. The van der Waals surface area contributed by atoms with Crippen LogP contribution in [0.2, 0.25) is 0 Å². The SMILES string of the molecule is Cc1cc(N2CN(CCN(C)C)C(=O)C23CCNCC3)ccc1C(=O)O.Cl. The minimum absolute atomic E-state index is 0. The second-order valence-corrected chi connectivity index (χ2v) is 7.53. The number of aromatic carboxylic acids is 1. The molecule has 1 aromatic rings. The summed E-state index contributed by atoms with van der Waals surface area (Å²) in [6.07, 6.45) is 1.54. The van der Waals surface area contributed by atoms with Crippen molar-refractivity contribution in [3.05, 3.63) is 29.3 Å². The van der Waals surface area contributed by atoms with Gasteiger partial charge in [0.2, 0.25) is 5.91 Å². The molecule has 0 aliphatic carbocycles. The molecule has 0 atom stereocenters. The van der Waals surface area contributed by atoms with Crippen molar-refractivity contribution in [1.29, 1.82) is 0 Å². The van der Waals surface area contributed by atoms with Crippen LogP contribution >= 0.6 is 12.4 Å². The highest BCUT2D eigenvalue weighted by Crippen LogP contribution is 2.38. The fourth-order valence-electron chi connectivity index (χ4n) is 3.98. The number of halogens is 1. The number of likely N-dealkylation sites (N-methyl/N-ethyl adjacent to an activating group) is 1. The van der Waals surface area contributed by atoms with Crippen LogP contribution in [0.25, 0.3) is 0 Å². The monoisotopic (exact) mass is 396 g/mol. The van der Waals surface area contributed by atoms with Gasteiger partial charge in [-0.05, 0) is 70.7 Å². The van der Waals surface area contributed by atoms with E-state index in [1.165, 1.54) is 0 Å². The molecule has 0 radical (unpaired) electrons. The van der Waals surface area contributed by atoms with Crippen LogP contribution in [-0.2, 0) is 4.79 Å². The standard InChI is InChI=1S/C19H28N4O3.ClH/c1-14-12-15(4-5-16(14)17(24)25)23-13-22(11-10-21(2)3)18(26)19(23)6-8-20-9-7-19;/h4-5,12,20H,6-11,13H2,1-3H3,(H,24,25);1H. The molecular weight excluding hydrogens is 368 g/mol. The van der Waals surface area contributed by atoms with Gasteiger partial charge >= 0.3 is 5.97 Å². The van der Waals surface area contributed by atoms with Gasteiger partial charge in [-0.2, -0.15) is 0 Å². The van der Waals surface area contributed by atoms with Crippen LogP contribution in [0, 0.1) is 6.92 Å². The number of rotatable bonds is 5. The summed E-state index contributed by atoms with van der Waals surface area (Å²) in [5.41, 5.74) is 1.44. The number of hydrogen-bond acceptors (Lipinski definition) is 5. The Balaban J connectivity index is 0.00000261. The Morgan fingerprint density at radius 3 is 2.52 bits per heavy atom. The van der Waals surface area contributed by atoms with Crippen molar-refractivity contribution in [2.75, 3.05) is 51.8 Å². The third kappa shape index (κ3) is 4.05. The van der Waals surface area contributed by atoms with Crippen molar-refractivity contribution >= 4 is 30.0 Å². The molecule has 0 unspecified atom stereocenters. The molecule has 0 aromatic heterocycles. The van der Waals surface area contributed by atoms with Crippen molar-refractivity contribution in [3.8, 4) is 0 Å². The highest BCUT2D eigenvalue weighted by atomic mass is 35.5. The molecule has 2 saturated heterocycles. The first-order valence-corrected chi connectivity index (χ1v) is 9.11. The van der Waals surface area contributed by atoms with E-state index >= 15 is 0 Å². The summed E-state index contributed by atoms with van der Waals surface area (Å²) in [6.45, 7) is 5.52. The quantitative estimate of drug-likeness (QED) is 0.783. The Hall–Kier alpha value is -1.83. The zero-order valence-corrected chi connectivity index (χ0v) is 17.0. The van der Waals surface area contributed by atoms with Crippen LogP contribution in [0.5, 0.6) is 0 Å². The highest BCUT2D eigenvalue weighted by Gasteiger charge is 2.52. The summed E-state index contributed by atoms with van der Waals surface area (Å²) < 4.78 is 0. The molecule has 0 bridgehead atoms. The van der Waals surface area contributed by atoms with Gasteiger partial charge in [0.15, 0.2) is 0 Å². The first-order valence-electron chi connectivity index (χ1n) is 9.11. The molecule has 2 heterocycles. The Labute approximate surface area is 166 Å². The predicted octanol–water partition coefficient (Wildman–Crippen LogP) is 1.40. The topological polar surface area (TPSA) is 76.1 Å². The number of carbonyl (C=O) groups is 2. The predicted molar refractivity (Wildman–Crippen MR) is 108 cm³/mol. The van der Waals surface area contributed by atoms with Gasteiger partial charge in [-0.3, -0.25) is 4.79 Å². The van der Waals surface area contributed by atoms with Crippen molar-refractivity contribution in [2.24, 2.45) is 0 Å². The number of anilines is 1. The van der Waals surface area contributed by atoms with Crippen LogP contribution in [0.4, 0.5) is 5.69 Å². The molecule has 1 spiro atoms. The smallest absolute Gasteiger partial charge is 0.335 e. The average molecular weight is 397 g/mol. The molecular formula is C19H29ClN4O3. The van der Waals surface area contributed by atoms with Gasteiger partial charge in [0, 0.05) is 18.8 Å². The highest BCUT2D eigenvalue weighted by molar-refractivity contribution is 5.94. The molecule has 2 fully saturated rings. The number of carboxylic acids is 1. The van der Waals surface area contributed by atoms with E-state index < -0.39 is 11.5 Å². The normalized spacial score (nSPS) is 18.9. The van der Waals surface area contributed by atoms with Crippen molar-refractivity contribution in [2.45, 2.75) is 25.3 Å². The molecule has 8 heteroatoms. The van der Waals surface area contributed by atoms with Gasteiger partial charge in [-0.15, -0.1) is 12.4 Å². The van der Waals surface area contributed by atoms with Crippen molar-refractivity contribution in [3.63, 3.8) is 0 Å². The number of aryl methyl sites for hydroxylation is 1. The second-order valence-electron chi connectivity index (χ2n) is 7.53. The lowest BCUT2D eigenvalue weighted by Gasteiger charge is -2.40. The van der Waals surface area contributed by atoms with Gasteiger partial charge in [-0.1, -0.05) is 0 Å². The number of nitrogens with one attached hydrogen (secondary N) is 1. The average Bonchev–Trinajstić information content (AvgIpc) is 2.86. The van der Waals surface area contributed by atoms with E-state index in [-0.39, 0.29) is 18.3 Å². The van der Waals surface area contributed by atoms with E-state index in [0.717, 1.165) is 43.7 Å². The van der Waals surface area contributed by atoms with Gasteiger partial charge in [0.05, 0.1) is 12.2 Å². The molecule has 2 aliphatic rings. The molecule has 7 nitrogen and oxygen atoms in total. The summed E-state index contributed by atoms with van der Waals surface area (Å²) in [7, 11) is 4.01. The van der Waals surface area contributed by atoms with E-state index in [1.807, 2.05) is 38.1 Å². The molecule has 27 heavy (non-hydrogen) atoms. The van der Waals surface area contributed by atoms with Crippen LogP contribution < -0.4 is 10.2 Å². The maximum absolute atomic E-state index is 13.3. The molecule has 0 saturated carbocycles. The minimum Gasteiger partial charge on any atom is -0.478 e. The third-order valence-corrected chi connectivity index (χ3v) is 5.51. The Morgan fingerprint density at radius 1 is 1.30 bits per heavy atom. The van der Waals surface area contributed by atoms with E-state index in [0.29, 0.717) is 18.8 Å². The van der Waals surface area contributed by atoms with Gasteiger partial charge in [0.1, 0.15) is 5.54 Å². The summed E-state index contributed by atoms with van der Waals surface area (Å²) in [5.74, 6) is -0.725. The van der Waals surface area contributed by atoms with Crippen LogP contribution in [0.3, 0.4) is 0 Å². The maximum Gasteiger partial charge on any atom is 0.335 e. The first kappa shape index (κ1) is 21.5. The van der Waals surface area contributed by atoms with Gasteiger partial charge in [-0.25, -0.2) is 4.79 Å². The number of carboxylic acid groups (broad SMARTS) is 1. The minimum atomic E-state index is -0.921. The molecule has 3 rings (SSSR count). The fourth-order valence-corrected chi connectivity index (χ4v) is 3.98. The summed E-state index contributed by atoms with van der Waals surface area (Å²) in [4.78, 5) is 30.8. The zero-order chi connectivity index (χ0) is 18.9. The molecule has 150 valence electrons. The fraction of sp³-hybridized carbons (Fsp3) is 0.579. The number of nitrogens with zero attached hydrogens (tertiary/aromatic N) is 3. The lowest BCUT2D eigenvalue weighted by Crippen LogP contribution is -2.55. The summed E-state index contributed by atoms with van der Waals surface area (Å²) in [6, 6.07) is 5.38. The first-order chi connectivity index (χ1) is 12.3. The van der Waals surface area contributed by atoms with E-state index in [9.17, 15) is 14.7 Å². The lowest BCUT2D eigenvalue weighted by atomic mass is 9.86. The lowest BCUT2D eigenvalue weighted by molar-refractivity contribution is -0.133. The molecule has 2 aliphatic heterocycles. The Morgan fingerprint density at radius 2 is 1.96 bits per heavy atom. The molecule has 1 amide bonds. The van der Waals surface area contributed by atoms with E-state index in [2.05, 4.69) is 15.1 Å². The second kappa shape index (κ2) is 8.46. The van der Waals surface area contributed by atoms with E-state index in [1.54, 1.807) is 6.07 Å². The largest absolute Gasteiger partial charge is 0.478 e. The molecule has 2 N–H and O–H groups in total. The van der Waals surface area contributed by atoms with Crippen LogP contribution in [0.15, 0.2) is 18.2 Å². The maximum atomic E-state index is 13.3. The molecule has 1 aromatic carbocycles. The number of piperidine rings is 1. The van der Waals surface area contributed by atoms with Crippen molar-refractivity contribution < 1.29 is 14.7 Å². The summed E-state index contributed by atoms with van der Waals surface area (Å²) in [5, 5.41) is 12.6. The number of amides is 1. The van der Waals surface area contributed by atoms with Crippen molar-refractivity contribution in [1.82, 2.24) is 15.1 Å². The summed E-state index contributed by atoms with van der Waals surface area (Å²) >= 11 is 0. The number of hydrogen-bond donors (Lipinski definition) is 2. The van der Waals surface area contributed by atoms with Gasteiger partial charge in [0.25, 0.3) is 0 Å². The Kier molecular flexibility index (Phi) is 6.72. The zero-order valence-electron chi connectivity index (χ0n) is 16.2. The van der Waals surface area contributed by atoms with Gasteiger partial charge < -0.3 is 25.1 Å².